The third kappa shape index (κ3) is 3.54. The van der Waals surface area contributed by atoms with E-state index in [1.54, 1.807) is 11.3 Å². The Balaban J connectivity index is 1.58. The highest BCUT2D eigenvalue weighted by atomic mass is 32.1. The molecule has 0 aliphatic carbocycles. The monoisotopic (exact) mass is 303 g/mol. The minimum Gasteiger partial charge on any atom is -0.350 e. The fraction of sp³-hybridized carbons (Fsp3) is 0.438. The van der Waals surface area contributed by atoms with Crippen LogP contribution in [-0.4, -0.2) is 30.1 Å². The van der Waals surface area contributed by atoms with Crippen molar-refractivity contribution < 1.29 is 4.79 Å². The summed E-state index contributed by atoms with van der Waals surface area (Å²) in [6.07, 6.45) is 5.10. The van der Waals surface area contributed by atoms with Crippen LogP contribution >= 0.6 is 11.3 Å². The average molecular weight is 303 g/mol. The van der Waals surface area contributed by atoms with Gasteiger partial charge < -0.3 is 15.2 Å². The minimum atomic E-state index is 0.0359. The van der Waals surface area contributed by atoms with E-state index < -0.39 is 0 Å². The molecule has 1 aliphatic heterocycles. The lowest BCUT2D eigenvalue weighted by molar-refractivity contribution is 0.0941. The molecule has 4 nitrogen and oxygen atoms in total. The highest BCUT2D eigenvalue weighted by molar-refractivity contribution is 7.07. The SMILES string of the molecule is O=C(NCCc1ccsc1)c1cccn1C1CCNCC1. The van der Waals surface area contributed by atoms with E-state index in [0.29, 0.717) is 12.6 Å². The molecule has 0 unspecified atom stereocenters. The van der Waals surface area contributed by atoms with Crippen LogP contribution in [0.15, 0.2) is 35.2 Å². The minimum absolute atomic E-state index is 0.0359. The lowest BCUT2D eigenvalue weighted by atomic mass is 10.1. The van der Waals surface area contributed by atoms with Crippen molar-refractivity contribution in [2.45, 2.75) is 25.3 Å². The van der Waals surface area contributed by atoms with Crippen molar-refractivity contribution >= 4 is 17.2 Å². The standard InChI is InChI=1S/C16H21N3OS/c20-16(18-9-3-13-6-11-21-12-13)15-2-1-10-19(15)14-4-7-17-8-5-14/h1-2,6,10-12,14,17H,3-5,7-9H2,(H,18,20). The molecule has 1 amide bonds. The fourth-order valence-electron chi connectivity index (χ4n) is 2.84. The first-order valence-corrected chi connectivity index (χ1v) is 8.46. The highest BCUT2D eigenvalue weighted by Gasteiger charge is 2.19. The normalized spacial score (nSPS) is 16.0. The number of hydrogen-bond donors (Lipinski definition) is 2. The number of amides is 1. The topological polar surface area (TPSA) is 46.1 Å². The Morgan fingerprint density at radius 1 is 1.38 bits per heavy atom. The zero-order chi connectivity index (χ0) is 14.5. The maximum absolute atomic E-state index is 12.4. The van der Waals surface area contributed by atoms with Gasteiger partial charge in [0.15, 0.2) is 0 Å². The predicted octanol–water partition coefficient (Wildman–Crippen LogP) is 2.45. The molecule has 1 aliphatic rings. The van der Waals surface area contributed by atoms with E-state index in [1.807, 2.05) is 18.3 Å². The molecule has 0 saturated carbocycles. The Kier molecular flexibility index (Phi) is 4.72. The van der Waals surface area contributed by atoms with Crippen molar-refractivity contribution in [3.8, 4) is 0 Å². The number of nitrogens with one attached hydrogen (secondary N) is 2. The lowest BCUT2D eigenvalue weighted by Gasteiger charge is -2.25. The van der Waals surface area contributed by atoms with Crippen molar-refractivity contribution in [1.82, 2.24) is 15.2 Å². The van der Waals surface area contributed by atoms with Crippen molar-refractivity contribution in [2.24, 2.45) is 0 Å². The number of thiophene rings is 1. The summed E-state index contributed by atoms with van der Waals surface area (Å²) in [6, 6.07) is 6.44. The largest absolute Gasteiger partial charge is 0.350 e. The molecule has 2 aromatic heterocycles. The van der Waals surface area contributed by atoms with Crippen LogP contribution in [0.1, 0.15) is 34.9 Å². The van der Waals surface area contributed by atoms with Gasteiger partial charge in [0.1, 0.15) is 5.69 Å². The second kappa shape index (κ2) is 6.91. The number of rotatable bonds is 5. The van der Waals surface area contributed by atoms with Crippen LogP contribution in [0.2, 0.25) is 0 Å². The number of carbonyl (C=O) groups is 1. The molecule has 1 fully saturated rings. The molecule has 0 aromatic carbocycles. The third-order valence-electron chi connectivity index (χ3n) is 3.99. The Hall–Kier alpha value is -1.59. The van der Waals surface area contributed by atoms with Crippen LogP contribution in [0, 0.1) is 0 Å². The van der Waals surface area contributed by atoms with Crippen LogP contribution in [0.4, 0.5) is 0 Å². The third-order valence-corrected chi connectivity index (χ3v) is 4.73. The fourth-order valence-corrected chi connectivity index (χ4v) is 3.54. The second-order valence-corrected chi connectivity index (χ2v) is 6.20. The Morgan fingerprint density at radius 2 is 2.24 bits per heavy atom. The molecule has 2 N–H and O–H groups in total. The van der Waals surface area contributed by atoms with Gasteiger partial charge in [0.25, 0.3) is 5.91 Å². The number of hydrogen-bond acceptors (Lipinski definition) is 3. The van der Waals surface area contributed by atoms with E-state index in [4.69, 9.17) is 0 Å². The van der Waals surface area contributed by atoms with E-state index >= 15 is 0 Å². The summed E-state index contributed by atoms with van der Waals surface area (Å²) in [6.45, 7) is 2.75. The number of aromatic nitrogens is 1. The van der Waals surface area contributed by atoms with Crippen LogP contribution in [0.3, 0.4) is 0 Å². The Morgan fingerprint density at radius 3 is 3.00 bits per heavy atom. The van der Waals surface area contributed by atoms with Gasteiger partial charge in [0.05, 0.1) is 0 Å². The van der Waals surface area contributed by atoms with Crippen molar-refractivity contribution in [3.63, 3.8) is 0 Å². The molecule has 1 saturated heterocycles. The summed E-state index contributed by atoms with van der Waals surface area (Å²) in [4.78, 5) is 12.4. The Bertz CT molecular complexity index is 570. The highest BCUT2D eigenvalue weighted by Crippen LogP contribution is 2.21. The average Bonchev–Trinajstić information content (AvgIpc) is 3.19. The molecule has 3 rings (SSSR count). The molecule has 0 spiro atoms. The smallest absolute Gasteiger partial charge is 0.267 e. The van der Waals surface area contributed by atoms with E-state index in [-0.39, 0.29) is 5.91 Å². The van der Waals surface area contributed by atoms with E-state index in [1.165, 1.54) is 5.56 Å². The molecule has 5 heteroatoms. The molecule has 2 aromatic rings. The summed E-state index contributed by atoms with van der Waals surface area (Å²) in [5, 5.41) is 10.6. The molecule has 21 heavy (non-hydrogen) atoms. The maximum Gasteiger partial charge on any atom is 0.267 e. The van der Waals surface area contributed by atoms with Gasteiger partial charge in [-0.1, -0.05) is 0 Å². The predicted molar refractivity (Wildman–Crippen MR) is 85.9 cm³/mol. The summed E-state index contributed by atoms with van der Waals surface area (Å²) >= 11 is 1.69. The van der Waals surface area contributed by atoms with Crippen molar-refractivity contribution in [2.75, 3.05) is 19.6 Å². The lowest BCUT2D eigenvalue weighted by Crippen LogP contribution is -2.33. The molecular weight excluding hydrogens is 282 g/mol. The molecule has 0 bridgehead atoms. The number of carbonyl (C=O) groups excluding carboxylic acids is 1. The van der Waals surface area contributed by atoms with E-state index in [9.17, 15) is 4.79 Å². The van der Waals surface area contributed by atoms with Crippen LogP contribution in [0.25, 0.3) is 0 Å². The van der Waals surface area contributed by atoms with Crippen LogP contribution in [-0.2, 0) is 6.42 Å². The first-order valence-electron chi connectivity index (χ1n) is 7.51. The first-order chi connectivity index (χ1) is 10.3. The van der Waals surface area contributed by atoms with Crippen molar-refractivity contribution in [3.05, 3.63) is 46.4 Å². The number of piperidine rings is 1. The van der Waals surface area contributed by atoms with Gasteiger partial charge in [-0.05, 0) is 66.9 Å². The molecule has 3 heterocycles. The quantitative estimate of drug-likeness (QED) is 0.891. The molecule has 112 valence electrons. The summed E-state index contributed by atoms with van der Waals surface area (Å²) in [7, 11) is 0. The van der Waals surface area contributed by atoms with Gasteiger partial charge in [-0.2, -0.15) is 11.3 Å². The van der Waals surface area contributed by atoms with Gasteiger partial charge >= 0.3 is 0 Å². The van der Waals surface area contributed by atoms with Crippen LogP contribution in [0.5, 0.6) is 0 Å². The first kappa shape index (κ1) is 14.4. The summed E-state index contributed by atoms with van der Waals surface area (Å²) < 4.78 is 2.14. The summed E-state index contributed by atoms with van der Waals surface area (Å²) in [5.41, 5.74) is 2.07. The maximum atomic E-state index is 12.4. The van der Waals surface area contributed by atoms with Gasteiger partial charge in [-0.3, -0.25) is 4.79 Å². The molecule has 0 atom stereocenters. The van der Waals surface area contributed by atoms with Gasteiger partial charge in [0, 0.05) is 18.8 Å². The van der Waals surface area contributed by atoms with Gasteiger partial charge in [0.2, 0.25) is 0 Å². The van der Waals surface area contributed by atoms with E-state index in [0.717, 1.165) is 38.0 Å². The van der Waals surface area contributed by atoms with E-state index in [2.05, 4.69) is 32.0 Å². The van der Waals surface area contributed by atoms with Crippen LogP contribution < -0.4 is 10.6 Å². The molecular formula is C16H21N3OS. The Labute approximate surface area is 129 Å². The molecule has 0 radical (unpaired) electrons. The number of nitrogens with zero attached hydrogens (tertiary/aromatic N) is 1. The zero-order valence-corrected chi connectivity index (χ0v) is 12.9. The second-order valence-electron chi connectivity index (χ2n) is 5.42. The zero-order valence-electron chi connectivity index (χ0n) is 12.0. The van der Waals surface area contributed by atoms with Gasteiger partial charge in [-0.25, -0.2) is 0 Å². The summed E-state index contributed by atoms with van der Waals surface area (Å²) in [5.74, 6) is 0.0359. The van der Waals surface area contributed by atoms with Crippen molar-refractivity contribution in [1.29, 1.82) is 0 Å². The van der Waals surface area contributed by atoms with Gasteiger partial charge in [-0.15, -0.1) is 0 Å².